The molecular weight excluding hydrogens is 238 g/mol. The van der Waals surface area contributed by atoms with E-state index in [1.807, 2.05) is 43.4 Å². The van der Waals surface area contributed by atoms with Crippen LogP contribution in [0.5, 0.6) is 0 Å². The van der Waals surface area contributed by atoms with Gasteiger partial charge in [-0.15, -0.1) is 0 Å². The molecule has 0 saturated heterocycles. The molecule has 0 aliphatic carbocycles. The van der Waals surface area contributed by atoms with Gasteiger partial charge in [-0.25, -0.2) is 0 Å². The topological polar surface area (TPSA) is 46.1 Å². The third-order valence-electron chi connectivity index (χ3n) is 2.75. The molecule has 0 aliphatic rings. The first-order valence-corrected chi connectivity index (χ1v) is 6.25. The van der Waals surface area contributed by atoms with Crippen LogP contribution in [-0.2, 0) is 24.3 Å². The van der Waals surface area contributed by atoms with E-state index in [9.17, 15) is 4.79 Å². The van der Waals surface area contributed by atoms with Crippen molar-refractivity contribution in [2.24, 2.45) is 0 Å². The largest absolute Gasteiger partial charge is 0.303 e. The number of hydrogen-bond donors (Lipinski definition) is 0. The van der Waals surface area contributed by atoms with Crippen molar-refractivity contribution >= 4 is 6.29 Å². The lowest BCUT2D eigenvalue weighted by Crippen LogP contribution is -2.18. The van der Waals surface area contributed by atoms with Crippen molar-refractivity contribution in [3.8, 4) is 0 Å². The summed E-state index contributed by atoms with van der Waals surface area (Å²) in [5.74, 6) is 0. The third kappa shape index (κ3) is 4.26. The summed E-state index contributed by atoms with van der Waals surface area (Å²) in [5.41, 5.74) is 2.82. The molecule has 0 amide bonds. The van der Waals surface area contributed by atoms with E-state index in [1.54, 1.807) is 6.20 Å². The van der Waals surface area contributed by atoms with Crippen LogP contribution in [-0.4, -0.2) is 28.2 Å². The van der Waals surface area contributed by atoms with E-state index in [-0.39, 0.29) is 0 Å². The van der Waals surface area contributed by atoms with Crippen LogP contribution >= 0.6 is 0 Å². The summed E-state index contributed by atoms with van der Waals surface area (Å²) in [4.78, 5) is 21.4. The van der Waals surface area contributed by atoms with Crippen molar-refractivity contribution in [2.75, 3.05) is 7.05 Å². The van der Waals surface area contributed by atoms with E-state index in [1.165, 1.54) is 0 Å². The van der Waals surface area contributed by atoms with E-state index >= 15 is 0 Å². The van der Waals surface area contributed by atoms with E-state index in [0.29, 0.717) is 6.42 Å². The number of carbonyl (C=O) groups is 1. The lowest BCUT2D eigenvalue weighted by molar-refractivity contribution is -0.107. The van der Waals surface area contributed by atoms with Crippen molar-refractivity contribution in [1.29, 1.82) is 0 Å². The summed E-state index contributed by atoms with van der Waals surface area (Å²) in [7, 11) is 2.03. The fourth-order valence-electron chi connectivity index (χ4n) is 1.92. The van der Waals surface area contributed by atoms with Gasteiger partial charge in [0.25, 0.3) is 0 Å². The second-order valence-electron chi connectivity index (χ2n) is 4.48. The van der Waals surface area contributed by atoms with E-state index in [2.05, 4.69) is 14.9 Å². The van der Waals surface area contributed by atoms with Crippen molar-refractivity contribution in [3.63, 3.8) is 0 Å². The first kappa shape index (κ1) is 13.4. The lowest BCUT2D eigenvalue weighted by Gasteiger charge is -2.15. The van der Waals surface area contributed by atoms with E-state index in [0.717, 1.165) is 36.5 Å². The fourth-order valence-corrected chi connectivity index (χ4v) is 1.92. The zero-order chi connectivity index (χ0) is 13.5. The first-order chi connectivity index (χ1) is 9.28. The Morgan fingerprint density at radius 1 is 1.05 bits per heavy atom. The summed E-state index contributed by atoms with van der Waals surface area (Å²) in [6.07, 6.45) is 3.05. The van der Waals surface area contributed by atoms with Crippen LogP contribution in [0.15, 0.2) is 42.6 Å². The van der Waals surface area contributed by atoms with Crippen LogP contribution in [0.25, 0.3) is 0 Å². The molecule has 0 bridgehead atoms. The number of aldehydes is 1. The molecule has 0 saturated carbocycles. The Kier molecular flexibility index (Phi) is 4.75. The molecule has 0 aliphatic heterocycles. The number of carbonyl (C=O) groups excluding carboxylic acids is 1. The lowest BCUT2D eigenvalue weighted by atomic mass is 10.2. The van der Waals surface area contributed by atoms with Gasteiger partial charge in [-0.2, -0.15) is 0 Å². The van der Waals surface area contributed by atoms with Crippen molar-refractivity contribution in [1.82, 2.24) is 14.9 Å². The predicted octanol–water partition coefficient (Wildman–Crippen LogP) is 1.85. The van der Waals surface area contributed by atoms with Gasteiger partial charge in [-0.3, -0.25) is 14.9 Å². The number of pyridine rings is 2. The minimum Gasteiger partial charge on any atom is -0.303 e. The molecule has 98 valence electrons. The average Bonchev–Trinajstić information content (AvgIpc) is 2.40. The van der Waals surface area contributed by atoms with Crippen LogP contribution in [0, 0.1) is 0 Å². The molecule has 0 aromatic carbocycles. The van der Waals surface area contributed by atoms with Gasteiger partial charge in [-0.05, 0) is 31.3 Å². The molecule has 19 heavy (non-hydrogen) atoms. The Hall–Kier alpha value is -2.07. The van der Waals surface area contributed by atoms with Crippen LogP contribution in [0.4, 0.5) is 0 Å². The highest BCUT2D eigenvalue weighted by atomic mass is 16.1. The van der Waals surface area contributed by atoms with Gasteiger partial charge in [0, 0.05) is 31.4 Å². The van der Waals surface area contributed by atoms with Crippen LogP contribution in [0.2, 0.25) is 0 Å². The zero-order valence-corrected chi connectivity index (χ0v) is 11.0. The Balaban J connectivity index is 1.96. The van der Waals surface area contributed by atoms with Crippen LogP contribution in [0.1, 0.15) is 17.1 Å². The maximum atomic E-state index is 10.5. The smallest absolute Gasteiger partial charge is 0.125 e. The summed E-state index contributed by atoms with van der Waals surface area (Å²) in [6, 6.07) is 11.7. The summed E-state index contributed by atoms with van der Waals surface area (Å²) < 4.78 is 0. The van der Waals surface area contributed by atoms with Gasteiger partial charge >= 0.3 is 0 Å². The van der Waals surface area contributed by atoms with Crippen LogP contribution in [0.3, 0.4) is 0 Å². The van der Waals surface area contributed by atoms with Crippen molar-refractivity contribution in [2.45, 2.75) is 19.5 Å². The van der Waals surface area contributed by atoms with E-state index < -0.39 is 0 Å². The molecule has 0 unspecified atom stereocenters. The summed E-state index contributed by atoms with van der Waals surface area (Å²) >= 11 is 0. The maximum absolute atomic E-state index is 10.5. The molecule has 0 spiro atoms. The molecule has 2 heterocycles. The highest BCUT2D eigenvalue weighted by Crippen LogP contribution is 2.06. The average molecular weight is 255 g/mol. The quantitative estimate of drug-likeness (QED) is 0.739. The monoisotopic (exact) mass is 255 g/mol. The second-order valence-corrected chi connectivity index (χ2v) is 4.48. The minimum atomic E-state index is 0.373. The predicted molar refractivity (Wildman–Crippen MR) is 73.4 cm³/mol. The second kappa shape index (κ2) is 6.75. The maximum Gasteiger partial charge on any atom is 0.125 e. The normalized spacial score (nSPS) is 10.6. The number of aromatic nitrogens is 2. The standard InChI is InChI=1S/C15H17N3O/c1-18(11-14-5-2-3-9-16-14)12-15-7-4-6-13(17-15)8-10-19/h2-7,9-10H,8,11-12H2,1H3. The molecule has 0 atom stereocenters. The van der Waals surface area contributed by atoms with Crippen LogP contribution < -0.4 is 0 Å². The number of rotatable bonds is 6. The molecule has 0 N–H and O–H groups in total. The third-order valence-corrected chi connectivity index (χ3v) is 2.75. The number of hydrogen-bond acceptors (Lipinski definition) is 4. The molecule has 4 heteroatoms. The molecule has 0 fully saturated rings. The summed E-state index contributed by atoms with van der Waals surface area (Å²) in [6.45, 7) is 1.52. The zero-order valence-electron chi connectivity index (χ0n) is 11.0. The molecule has 2 aromatic heterocycles. The van der Waals surface area contributed by atoms with Gasteiger partial charge in [-0.1, -0.05) is 12.1 Å². The SMILES string of the molecule is CN(Cc1ccccn1)Cc1cccc(CC=O)n1. The summed E-state index contributed by atoms with van der Waals surface area (Å²) in [5, 5.41) is 0. The molecule has 4 nitrogen and oxygen atoms in total. The highest BCUT2D eigenvalue weighted by molar-refractivity contribution is 5.53. The van der Waals surface area contributed by atoms with Crippen molar-refractivity contribution < 1.29 is 4.79 Å². The van der Waals surface area contributed by atoms with E-state index in [4.69, 9.17) is 0 Å². The van der Waals surface area contributed by atoms with Gasteiger partial charge in [0.2, 0.25) is 0 Å². The van der Waals surface area contributed by atoms with Gasteiger partial charge in [0.1, 0.15) is 6.29 Å². The minimum absolute atomic E-state index is 0.373. The number of nitrogens with zero attached hydrogens (tertiary/aromatic N) is 3. The fraction of sp³-hybridized carbons (Fsp3) is 0.267. The molecule has 2 aromatic rings. The van der Waals surface area contributed by atoms with Gasteiger partial charge in [0.15, 0.2) is 0 Å². The molecular formula is C15H17N3O. The van der Waals surface area contributed by atoms with Crippen molar-refractivity contribution in [3.05, 3.63) is 59.7 Å². The van der Waals surface area contributed by atoms with Gasteiger partial charge < -0.3 is 4.79 Å². The molecule has 2 rings (SSSR count). The first-order valence-electron chi connectivity index (χ1n) is 6.25. The van der Waals surface area contributed by atoms with Gasteiger partial charge in [0.05, 0.1) is 11.4 Å². The Morgan fingerprint density at radius 2 is 1.79 bits per heavy atom. The Labute approximate surface area is 113 Å². The Bertz CT molecular complexity index is 528. The molecule has 0 radical (unpaired) electrons. The Morgan fingerprint density at radius 3 is 2.53 bits per heavy atom. The highest BCUT2D eigenvalue weighted by Gasteiger charge is 2.04.